The van der Waals surface area contributed by atoms with E-state index in [9.17, 15) is 4.79 Å². The Morgan fingerprint density at radius 3 is 2.58 bits per heavy atom. The van der Waals surface area contributed by atoms with Crippen molar-refractivity contribution >= 4 is 46.6 Å². The van der Waals surface area contributed by atoms with Crippen molar-refractivity contribution in [2.24, 2.45) is 0 Å². The Morgan fingerprint density at radius 2 is 1.87 bits per heavy atom. The molecule has 0 aliphatic heterocycles. The summed E-state index contributed by atoms with van der Waals surface area (Å²) in [6, 6.07) is 10.5. The monoisotopic (exact) mass is 457 g/mol. The SMILES string of the molecule is O=C(Cc1ccnc(Nc2cc(C3CC3)nc(NCCO)n2)c1)c1c(Cl)cccc1Cl. The number of hydrogen-bond donors (Lipinski definition) is 3. The zero-order chi connectivity index (χ0) is 21.8. The van der Waals surface area contributed by atoms with E-state index in [1.807, 2.05) is 6.07 Å². The number of aromatic nitrogens is 3. The molecular formula is C22H21Cl2N5O2. The molecule has 31 heavy (non-hydrogen) atoms. The molecular weight excluding hydrogens is 437 g/mol. The molecule has 0 bridgehead atoms. The maximum Gasteiger partial charge on any atom is 0.224 e. The predicted molar refractivity (Wildman–Crippen MR) is 122 cm³/mol. The molecule has 9 heteroatoms. The van der Waals surface area contributed by atoms with Crippen molar-refractivity contribution in [3.05, 3.63) is 69.5 Å². The Balaban J connectivity index is 1.52. The second-order valence-electron chi connectivity index (χ2n) is 7.30. The number of carbonyl (C=O) groups excluding carboxylic acids is 1. The first-order valence-corrected chi connectivity index (χ1v) is 10.7. The number of aliphatic hydroxyl groups is 1. The number of hydrogen-bond acceptors (Lipinski definition) is 7. The number of nitrogens with zero attached hydrogens (tertiary/aromatic N) is 3. The lowest BCUT2D eigenvalue weighted by Crippen LogP contribution is -2.11. The molecule has 3 aromatic rings. The highest BCUT2D eigenvalue weighted by atomic mass is 35.5. The quantitative estimate of drug-likeness (QED) is 0.402. The van der Waals surface area contributed by atoms with E-state index in [4.69, 9.17) is 28.3 Å². The minimum absolute atomic E-state index is 0.00709. The molecule has 2 heterocycles. The van der Waals surface area contributed by atoms with E-state index in [1.54, 1.807) is 36.5 Å². The lowest BCUT2D eigenvalue weighted by molar-refractivity contribution is 0.0993. The third-order valence-electron chi connectivity index (χ3n) is 4.82. The minimum Gasteiger partial charge on any atom is -0.395 e. The van der Waals surface area contributed by atoms with Gasteiger partial charge in [-0.1, -0.05) is 29.3 Å². The van der Waals surface area contributed by atoms with Crippen molar-refractivity contribution in [1.82, 2.24) is 15.0 Å². The second kappa shape index (κ2) is 9.60. The summed E-state index contributed by atoms with van der Waals surface area (Å²) in [5.41, 5.74) is 2.05. The molecule has 0 unspecified atom stereocenters. The molecule has 1 aliphatic rings. The van der Waals surface area contributed by atoms with Gasteiger partial charge in [0.1, 0.15) is 11.6 Å². The topological polar surface area (TPSA) is 100 Å². The van der Waals surface area contributed by atoms with Gasteiger partial charge >= 0.3 is 0 Å². The molecule has 0 spiro atoms. The first kappa shape index (κ1) is 21.5. The zero-order valence-electron chi connectivity index (χ0n) is 16.6. The van der Waals surface area contributed by atoms with Gasteiger partial charge in [-0.15, -0.1) is 0 Å². The Labute approximate surface area is 189 Å². The summed E-state index contributed by atoms with van der Waals surface area (Å²) >= 11 is 12.3. The molecule has 0 atom stereocenters. The van der Waals surface area contributed by atoms with E-state index in [2.05, 4.69) is 25.6 Å². The number of carbonyl (C=O) groups is 1. The van der Waals surface area contributed by atoms with Crippen LogP contribution in [0.5, 0.6) is 0 Å². The standard InChI is InChI=1S/C22H21Cl2N5O2/c23-15-2-1-3-16(24)21(15)18(31)10-13-6-7-25-19(11-13)28-20-12-17(14-4-5-14)27-22(29-20)26-8-9-30/h1-3,6-7,11-12,14,30H,4-5,8-10H2,(H2,25,26,27,28,29). The molecule has 2 aromatic heterocycles. The van der Waals surface area contributed by atoms with Gasteiger partial charge in [0.15, 0.2) is 5.78 Å². The average Bonchev–Trinajstić information content (AvgIpc) is 3.58. The van der Waals surface area contributed by atoms with Gasteiger partial charge in [0.05, 0.1) is 27.9 Å². The summed E-state index contributed by atoms with van der Waals surface area (Å²) in [6.07, 6.45) is 3.99. The summed E-state index contributed by atoms with van der Waals surface area (Å²) in [4.78, 5) is 26.0. The van der Waals surface area contributed by atoms with Crippen LogP contribution in [-0.4, -0.2) is 39.0 Å². The second-order valence-corrected chi connectivity index (χ2v) is 8.11. The van der Waals surface area contributed by atoms with Gasteiger partial charge in [-0.05, 0) is 42.7 Å². The third-order valence-corrected chi connectivity index (χ3v) is 5.45. The first-order chi connectivity index (χ1) is 15.0. The molecule has 3 N–H and O–H groups in total. The highest BCUT2D eigenvalue weighted by molar-refractivity contribution is 6.39. The summed E-state index contributed by atoms with van der Waals surface area (Å²) in [6.45, 7) is 0.362. The number of pyridine rings is 1. The van der Waals surface area contributed by atoms with Crippen LogP contribution in [-0.2, 0) is 6.42 Å². The average molecular weight is 458 g/mol. The van der Waals surface area contributed by atoms with Crippen LogP contribution in [0, 0.1) is 0 Å². The smallest absolute Gasteiger partial charge is 0.224 e. The van der Waals surface area contributed by atoms with Crippen molar-refractivity contribution in [3.63, 3.8) is 0 Å². The molecule has 1 aliphatic carbocycles. The summed E-state index contributed by atoms with van der Waals surface area (Å²) in [7, 11) is 0. The van der Waals surface area contributed by atoms with Crippen LogP contribution in [0.2, 0.25) is 10.0 Å². The maximum absolute atomic E-state index is 12.7. The van der Waals surface area contributed by atoms with Gasteiger partial charge in [-0.25, -0.2) is 9.97 Å². The molecule has 1 saturated carbocycles. The number of ketones is 1. The molecule has 1 fully saturated rings. The van der Waals surface area contributed by atoms with Gasteiger partial charge in [0.2, 0.25) is 5.95 Å². The number of nitrogens with one attached hydrogen (secondary N) is 2. The van der Waals surface area contributed by atoms with E-state index >= 15 is 0 Å². The Bertz CT molecular complexity index is 1080. The van der Waals surface area contributed by atoms with Crippen LogP contribution in [0.25, 0.3) is 0 Å². The van der Waals surface area contributed by atoms with Gasteiger partial charge < -0.3 is 15.7 Å². The third kappa shape index (κ3) is 5.50. The molecule has 1 aromatic carbocycles. The van der Waals surface area contributed by atoms with E-state index in [0.29, 0.717) is 45.7 Å². The van der Waals surface area contributed by atoms with E-state index in [0.717, 1.165) is 24.1 Å². The minimum atomic E-state index is -0.165. The van der Waals surface area contributed by atoms with Crippen molar-refractivity contribution in [2.75, 3.05) is 23.8 Å². The van der Waals surface area contributed by atoms with Crippen LogP contribution in [0.3, 0.4) is 0 Å². The van der Waals surface area contributed by atoms with Gasteiger partial charge in [-0.2, -0.15) is 4.98 Å². The Morgan fingerprint density at radius 1 is 1.10 bits per heavy atom. The largest absolute Gasteiger partial charge is 0.395 e. The number of benzene rings is 1. The molecule has 7 nitrogen and oxygen atoms in total. The highest BCUT2D eigenvalue weighted by Gasteiger charge is 2.26. The molecule has 0 saturated heterocycles. The fourth-order valence-electron chi connectivity index (χ4n) is 3.19. The number of halogens is 2. The number of aliphatic hydroxyl groups excluding tert-OH is 1. The fourth-order valence-corrected chi connectivity index (χ4v) is 3.80. The summed E-state index contributed by atoms with van der Waals surface area (Å²) in [5, 5.41) is 15.9. The van der Waals surface area contributed by atoms with E-state index < -0.39 is 0 Å². The van der Waals surface area contributed by atoms with Crippen molar-refractivity contribution in [2.45, 2.75) is 25.2 Å². The lowest BCUT2D eigenvalue weighted by Gasteiger charge is -2.11. The normalized spacial score (nSPS) is 13.1. The number of rotatable bonds is 9. The maximum atomic E-state index is 12.7. The Hall–Kier alpha value is -2.74. The summed E-state index contributed by atoms with van der Waals surface area (Å²) < 4.78 is 0. The van der Waals surface area contributed by atoms with Crippen LogP contribution < -0.4 is 10.6 Å². The molecule has 160 valence electrons. The molecule has 4 rings (SSSR count). The van der Waals surface area contributed by atoms with Crippen LogP contribution in [0.15, 0.2) is 42.6 Å². The van der Waals surface area contributed by atoms with Crippen LogP contribution >= 0.6 is 23.2 Å². The van der Waals surface area contributed by atoms with Crippen LogP contribution in [0.1, 0.15) is 40.4 Å². The zero-order valence-corrected chi connectivity index (χ0v) is 18.1. The van der Waals surface area contributed by atoms with Gasteiger partial charge in [-0.3, -0.25) is 4.79 Å². The van der Waals surface area contributed by atoms with Crippen LogP contribution in [0.4, 0.5) is 17.6 Å². The van der Waals surface area contributed by atoms with E-state index in [1.165, 1.54) is 0 Å². The fraction of sp³-hybridized carbons (Fsp3) is 0.273. The number of Topliss-reactive ketones (excluding diaryl/α,β-unsaturated/α-hetero) is 1. The predicted octanol–water partition coefficient (Wildman–Crippen LogP) is 4.63. The van der Waals surface area contributed by atoms with E-state index in [-0.39, 0.29) is 18.8 Å². The van der Waals surface area contributed by atoms with Gasteiger partial charge in [0.25, 0.3) is 0 Å². The Kier molecular flexibility index (Phi) is 6.65. The highest BCUT2D eigenvalue weighted by Crippen LogP contribution is 2.40. The lowest BCUT2D eigenvalue weighted by atomic mass is 10.0. The summed E-state index contributed by atoms with van der Waals surface area (Å²) in [5.74, 6) is 1.89. The van der Waals surface area contributed by atoms with Gasteiger partial charge in [0, 0.05) is 31.1 Å². The molecule has 0 amide bonds. The van der Waals surface area contributed by atoms with Crippen molar-refractivity contribution in [1.29, 1.82) is 0 Å². The van der Waals surface area contributed by atoms with Crippen molar-refractivity contribution < 1.29 is 9.90 Å². The van der Waals surface area contributed by atoms with Crippen molar-refractivity contribution in [3.8, 4) is 0 Å². The first-order valence-electron chi connectivity index (χ1n) is 9.96. The number of anilines is 3. The molecule has 0 radical (unpaired) electrons.